The molecular weight excluding hydrogens is 328 g/mol. The second kappa shape index (κ2) is 7.20. The molecule has 0 aromatic heterocycles. The number of hydrogen-bond acceptors (Lipinski definition) is 3. The molecule has 1 aliphatic rings. The molecule has 2 aromatic rings. The van der Waals surface area contributed by atoms with Crippen LogP contribution in [-0.4, -0.2) is 25.5 Å². The van der Waals surface area contributed by atoms with E-state index in [2.05, 4.69) is 5.32 Å². The fourth-order valence-electron chi connectivity index (χ4n) is 3.32. The van der Waals surface area contributed by atoms with Crippen LogP contribution in [0.15, 0.2) is 36.4 Å². The molecule has 2 aromatic carbocycles. The van der Waals surface area contributed by atoms with E-state index in [1.807, 2.05) is 57.2 Å². The molecule has 0 spiro atoms. The topological polar surface area (TPSA) is 58.6 Å². The minimum atomic E-state index is -0.381. The zero-order chi connectivity index (χ0) is 18.8. The maximum Gasteiger partial charge on any atom is 0.229 e. The van der Waals surface area contributed by atoms with Gasteiger partial charge in [0.1, 0.15) is 5.75 Å². The van der Waals surface area contributed by atoms with Gasteiger partial charge in [0.15, 0.2) is 0 Å². The Morgan fingerprint density at radius 3 is 2.50 bits per heavy atom. The summed E-state index contributed by atoms with van der Waals surface area (Å²) in [6.07, 6.45) is 0.202. The van der Waals surface area contributed by atoms with Gasteiger partial charge in [0.05, 0.1) is 18.7 Å². The maximum atomic E-state index is 12.7. The summed E-state index contributed by atoms with van der Waals surface area (Å²) < 4.78 is 5.38. The van der Waals surface area contributed by atoms with Crippen LogP contribution in [0.2, 0.25) is 0 Å². The highest BCUT2D eigenvalue weighted by atomic mass is 16.5. The number of benzene rings is 2. The van der Waals surface area contributed by atoms with Crippen molar-refractivity contribution in [3.8, 4) is 5.75 Å². The van der Waals surface area contributed by atoms with Crippen LogP contribution in [0, 0.1) is 26.7 Å². The molecule has 5 nitrogen and oxygen atoms in total. The molecule has 1 aliphatic heterocycles. The van der Waals surface area contributed by atoms with Gasteiger partial charge >= 0.3 is 0 Å². The van der Waals surface area contributed by atoms with Crippen molar-refractivity contribution in [2.45, 2.75) is 27.2 Å². The minimum absolute atomic E-state index is 0.0605. The first-order valence-electron chi connectivity index (χ1n) is 8.72. The molecular formula is C21H24N2O3. The molecule has 0 radical (unpaired) electrons. The average molecular weight is 352 g/mol. The van der Waals surface area contributed by atoms with Crippen molar-refractivity contribution in [1.29, 1.82) is 0 Å². The normalized spacial score (nSPS) is 16.7. The van der Waals surface area contributed by atoms with Crippen LogP contribution in [0.3, 0.4) is 0 Å². The average Bonchev–Trinajstić information content (AvgIpc) is 2.99. The predicted octanol–water partition coefficient (Wildman–Crippen LogP) is 3.61. The van der Waals surface area contributed by atoms with E-state index in [0.29, 0.717) is 12.3 Å². The second-order valence-electron chi connectivity index (χ2n) is 6.89. The highest BCUT2D eigenvalue weighted by molar-refractivity contribution is 6.04. The van der Waals surface area contributed by atoms with Crippen LogP contribution >= 0.6 is 0 Å². The number of nitrogens with zero attached hydrogens (tertiary/aromatic N) is 1. The van der Waals surface area contributed by atoms with E-state index in [0.717, 1.165) is 28.1 Å². The summed E-state index contributed by atoms with van der Waals surface area (Å²) in [5.74, 6) is 0.0712. The van der Waals surface area contributed by atoms with Gasteiger partial charge in [-0.3, -0.25) is 9.59 Å². The molecule has 1 atom stereocenters. The van der Waals surface area contributed by atoms with Gasteiger partial charge < -0.3 is 15.0 Å². The number of amides is 2. The first-order chi connectivity index (χ1) is 12.4. The van der Waals surface area contributed by atoms with E-state index >= 15 is 0 Å². The molecule has 3 rings (SSSR count). The standard InChI is InChI=1S/C21H24N2O3/c1-13-5-7-17(15(3)9-13)22-21(25)16-11-20(24)23(12-16)18-10-14(2)6-8-19(18)26-4/h5-10,16H,11-12H2,1-4H3,(H,22,25)/t16-/m1/s1. The highest BCUT2D eigenvalue weighted by Gasteiger charge is 2.36. The summed E-state index contributed by atoms with van der Waals surface area (Å²) >= 11 is 0. The van der Waals surface area contributed by atoms with Gasteiger partial charge in [-0.2, -0.15) is 0 Å². The maximum absolute atomic E-state index is 12.7. The fraction of sp³-hybridized carbons (Fsp3) is 0.333. The van der Waals surface area contributed by atoms with Crippen LogP contribution in [0.4, 0.5) is 11.4 Å². The van der Waals surface area contributed by atoms with Crippen molar-refractivity contribution in [1.82, 2.24) is 0 Å². The summed E-state index contributed by atoms with van der Waals surface area (Å²) in [6.45, 7) is 6.30. The molecule has 0 saturated carbocycles. The Labute approximate surface area is 154 Å². The quantitative estimate of drug-likeness (QED) is 0.914. The van der Waals surface area contributed by atoms with Crippen molar-refractivity contribution in [3.63, 3.8) is 0 Å². The van der Waals surface area contributed by atoms with Crippen molar-refractivity contribution >= 4 is 23.2 Å². The van der Waals surface area contributed by atoms with Gasteiger partial charge in [-0.25, -0.2) is 0 Å². The van der Waals surface area contributed by atoms with Gasteiger partial charge in [-0.05, 0) is 50.1 Å². The third kappa shape index (κ3) is 3.57. The summed E-state index contributed by atoms with van der Waals surface area (Å²) in [7, 11) is 1.58. The van der Waals surface area contributed by atoms with E-state index in [1.165, 1.54) is 0 Å². The Morgan fingerprint density at radius 2 is 1.81 bits per heavy atom. The number of nitrogens with one attached hydrogen (secondary N) is 1. The molecule has 0 aliphatic carbocycles. The molecule has 0 unspecified atom stereocenters. The number of carbonyl (C=O) groups is 2. The predicted molar refractivity (Wildman–Crippen MR) is 103 cm³/mol. The van der Waals surface area contributed by atoms with Crippen molar-refractivity contribution < 1.29 is 14.3 Å². The molecule has 0 bridgehead atoms. The zero-order valence-corrected chi connectivity index (χ0v) is 15.6. The van der Waals surface area contributed by atoms with Crippen LogP contribution < -0.4 is 15.0 Å². The van der Waals surface area contributed by atoms with Gasteiger partial charge in [-0.1, -0.05) is 23.8 Å². The minimum Gasteiger partial charge on any atom is -0.495 e. The van der Waals surface area contributed by atoms with Crippen molar-refractivity contribution in [2.75, 3.05) is 23.9 Å². The molecule has 1 fully saturated rings. The summed E-state index contributed by atoms with van der Waals surface area (Å²) in [5, 5.41) is 2.96. The zero-order valence-electron chi connectivity index (χ0n) is 15.6. The molecule has 1 N–H and O–H groups in total. The van der Waals surface area contributed by atoms with Crippen LogP contribution in [0.1, 0.15) is 23.1 Å². The lowest BCUT2D eigenvalue weighted by Gasteiger charge is -2.20. The van der Waals surface area contributed by atoms with Gasteiger partial charge in [-0.15, -0.1) is 0 Å². The van der Waals surface area contributed by atoms with Gasteiger partial charge in [0.2, 0.25) is 11.8 Å². The lowest BCUT2D eigenvalue weighted by atomic mass is 10.1. The molecule has 1 saturated heterocycles. The Morgan fingerprint density at radius 1 is 1.12 bits per heavy atom. The van der Waals surface area contributed by atoms with Gasteiger partial charge in [0.25, 0.3) is 0 Å². The number of anilines is 2. The molecule has 1 heterocycles. The van der Waals surface area contributed by atoms with E-state index < -0.39 is 0 Å². The van der Waals surface area contributed by atoms with Crippen LogP contribution in [0.5, 0.6) is 5.75 Å². The Hall–Kier alpha value is -2.82. The van der Waals surface area contributed by atoms with E-state index in [1.54, 1.807) is 12.0 Å². The van der Waals surface area contributed by atoms with Crippen LogP contribution in [-0.2, 0) is 9.59 Å². The van der Waals surface area contributed by atoms with Crippen molar-refractivity contribution in [2.24, 2.45) is 5.92 Å². The Bertz CT molecular complexity index is 860. The Balaban J connectivity index is 1.77. The number of carbonyl (C=O) groups excluding carboxylic acids is 2. The van der Waals surface area contributed by atoms with Crippen LogP contribution in [0.25, 0.3) is 0 Å². The summed E-state index contributed by atoms with van der Waals surface area (Å²) in [4.78, 5) is 26.8. The third-order valence-electron chi connectivity index (χ3n) is 4.76. The Kier molecular flexibility index (Phi) is 4.98. The lowest BCUT2D eigenvalue weighted by molar-refractivity contribution is -0.122. The third-order valence-corrected chi connectivity index (χ3v) is 4.76. The van der Waals surface area contributed by atoms with E-state index in [9.17, 15) is 9.59 Å². The van der Waals surface area contributed by atoms with Gasteiger partial charge in [0, 0.05) is 18.7 Å². The summed E-state index contributed by atoms with van der Waals surface area (Å²) in [6, 6.07) is 11.6. The fourth-order valence-corrected chi connectivity index (χ4v) is 3.32. The number of methoxy groups -OCH3 is 1. The molecule has 5 heteroatoms. The number of ether oxygens (including phenoxy) is 1. The highest BCUT2D eigenvalue weighted by Crippen LogP contribution is 2.34. The SMILES string of the molecule is COc1ccc(C)cc1N1C[C@H](C(=O)Nc2ccc(C)cc2C)CC1=O. The number of hydrogen-bond donors (Lipinski definition) is 1. The molecule has 136 valence electrons. The lowest BCUT2D eigenvalue weighted by Crippen LogP contribution is -2.28. The first-order valence-corrected chi connectivity index (χ1v) is 8.72. The number of rotatable bonds is 4. The smallest absolute Gasteiger partial charge is 0.229 e. The summed E-state index contributed by atoms with van der Waals surface area (Å²) in [5.41, 5.74) is 4.71. The first kappa shape index (κ1) is 18.0. The van der Waals surface area contributed by atoms with E-state index in [4.69, 9.17) is 4.74 Å². The van der Waals surface area contributed by atoms with E-state index in [-0.39, 0.29) is 24.2 Å². The largest absolute Gasteiger partial charge is 0.495 e. The molecule has 26 heavy (non-hydrogen) atoms. The second-order valence-corrected chi connectivity index (χ2v) is 6.89. The van der Waals surface area contributed by atoms with Crippen molar-refractivity contribution in [3.05, 3.63) is 53.1 Å². The molecule has 2 amide bonds. The monoisotopic (exact) mass is 352 g/mol. The number of aryl methyl sites for hydroxylation is 3.